The Bertz CT molecular complexity index is 1170. The number of nitriles is 1. The van der Waals surface area contributed by atoms with Gasteiger partial charge in [0.15, 0.2) is 0 Å². The summed E-state index contributed by atoms with van der Waals surface area (Å²) in [7, 11) is 0. The molecule has 5 rings (SSSR count). The van der Waals surface area contributed by atoms with E-state index in [0.29, 0.717) is 6.54 Å². The molecule has 26 heavy (non-hydrogen) atoms. The summed E-state index contributed by atoms with van der Waals surface area (Å²) < 4.78 is 2.17. The van der Waals surface area contributed by atoms with Crippen LogP contribution < -0.4 is 9.72 Å². The van der Waals surface area contributed by atoms with Gasteiger partial charge in [0.25, 0.3) is 0 Å². The lowest BCUT2D eigenvalue weighted by atomic mass is 10.1. The SMILES string of the molecule is N#Cc1c2c(c(NCc3ccccn3)[n+]3c1[nH]c1ccccc13)CCC2. The van der Waals surface area contributed by atoms with E-state index in [0.717, 1.165) is 53.0 Å². The fourth-order valence-electron chi connectivity index (χ4n) is 4.03. The number of nitrogens with zero attached hydrogens (tertiary/aromatic N) is 3. The first kappa shape index (κ1) is 14.9. The summed E-state index contributed by atoms with van der Waals surface area (Å²) in [5.41, 5.74) is 7.21. The number of para-hydroxylation sites is 2. The van der Waals surface area contributed by atoms with Crippen LogP contribution >= 0.6 is 0 Å². The molecule has 0 unspecified atom stereocenters. The van der Waals surface area contributed by atoms with Gasteiger partial charge in [-0.1, -0.05) is 18.2 Å². The van der Waals surface area contributed by atoms with Crippen LogP contribution in [0.15, 0.2) is 48.7 Å². The summed E-state index contributed by atoms with van der Waals surface area (Å²) in [5.74, 6) is 1.08. The van der Waals surface area contributed by atoms with E-state index in [4.69, 9.17) is 0 Å². The van der Waals surface area contributed by atoms with Crippen molar-refractivity contribution in [2.45, 2.75) is 25.8 Å². The minimum atomic E-state index is 0.654. The van der Waals surface area contributed by atoms with E-state index in [1.54, 1.807) is 0 Å². The van der Waals surface area contributed by atoms with Gasteiger partial charge in [-0.3, -0.25) is 15.3 Å². The molecular weight excluding hydrogens is 322 g/mol. The Hall–Kier alpha value is -3.39. The summed E-state index contributed by atoms with van der Waals surface area (Å²) in [4.78, 5) is 7.87. The van der Waals surface area contributed by atoms with E-state index < -0.39 is 0 Å². The number of fused-ring (bicyclic) bond motifs is 4. The van der Waals surface area contributed by atoms with E-state index in [9.17, 15) is 5.26 Å². The predicted octanol–water partition coefficient (Wildman–Crippen LogP) is 3.27. The zero-order chi connectivity index (χ0) is 17.5. The van der Waals surface area contributed by atoms with Crippen molar-refractivity contribution in [3.05, 3.63) is 71.0 Å². The van der Waals surface area contributed by atoms with Crippen LogP contribution in [0.25, 0.3) is 16.7 Å². The molecule has 126 valence electrons. The minimum absolute atomic E-state index is 0.654. The van der Waals surface area contributed by atoms with Crippen molar-refractivity contribution >= 4 is 22.5 Å². The number of hydrogen-bond donors (Lipinski definition) is 2. The molecular formula is C21H18N5+. The van der Waals surface area contributed by atoms with Crippen molar-refractivity contribution in [3.8, 4) is 6.07 Å². The normalized spacial score (nSPS) is 13.0. The van der Waals surface area contributed by atoms with Gasteiger partial charge in [0, 0.05) is 11.8 Å². The number of nitrogens with one attached hydrogen (secondary N) is 2. The van der Waals surface area contributed by atoms with Crippen molar-refractivity contribution in [2.75, 3.05) is 5.32 Å². The summed E-state index contributed by atoms with van der Waals surface area (Å²) in [6.07, 6.45) is 4.86. The molecule has 1 aromatic carbocycles. The molecule has 3 heterocycles. The quantitative estimate of drug-likeness (QED) is 0.562. The number of aromatic amines is 1. The zero-order valence-electron chi connectivity index (χ0n) is 14.3. The lowest BCUT2D eigenvalue weighted by Crippen LogP contribution is -2.29. The van der Waals surface area contributed by atoms with Gasteiger partial charge in [-0.05, 0) is 49.1 Å². The highest BCUT2D eigenvalue weighted by Crippen LogP contribution is 2.32. The lowest BCUT2D eigenvalue weighted by Gasteiger charge is -2.10. The van der Waals surface area contributed by atoms with Crippen LogP contribution in [-0.4, -0.2) is 9.97 Å². The molecule has 0 atom stereocenters. The third kappa shape index (κ3) is 2.16. The number of benzene rings is 1. The molecule has 5 heteroatoms. The van der Waals surface area contributed by atoms with E-state index >= 15 is 0 Å². The smallest absolute Gasteiger partial charge is 0.250 e. The lowest BCUT2D eigenvalue weighted by molar-refractivity contribution is -0.465. The maximum Gasteiger partial charge on any atom is 0.250 e. The first-order valence-corrected chi connectivity index (χ1v) is 8.91. The number of pyridine rings is 2. The van der Waals surface area contributed by atoms with Gasteiger partial charge >= 0.3 is 0 Å². The summed E-state index contributed by atoms with van der Waals surface area (Å²) in [6, 6.07) is 16.6. The van der Waals surface area contributed by atoms with Crippen LogP contribution in [0.5, 0.6) is 0 Å². The Morgan fingerprint density at radius 2 is 1.96 bits per heavy atom. The van der Waals surface area contributed by atoms with Crippen LogP contribution in [0.3, 0.4) is 0 Å². The van der Waals surface area contributed by atoms with Gasteiger partial charge in [-0.2, -0.15) is 9.66 Å². The number of anilines is 1. The van der Waals surface area contributed by atoms with Crippen LogP contribution in [0.1, 0.15) is 28.8 Å². The van der Waals surface area contributed by atoms with E-state index in [1.807, 2.05) is 36.5 Å². The minimum Gasteiger partial charge on any atom is -0.299 e. The molecule has 0 saturated heterocycles. The molecule has 4 aromatic rings. The van der Waals surface area contributed by atoms with E-state index in [2.05, 4.69) is 37.9 Å². The monoisotopic (exact) mass is 340 g/mol. The van der Waals surface area contributed by atoms with Crippen molar-refractivity contribution < 1.29 is 4.40 Å². The van der Waals surface area contributed by atoms with E-state index in [1.165, 1.54) is 11.1 Å². The summed E-state index contributed by atoms with van der Waals surface area (Å²) in [6.45, 7) is 0.654. The molecule has 1 aliphatic carbocycles. The Morgan fingerprint density at radius 3 is 2.81 bits per heavy atom. The number of aromatic nitrogens is 3. The molecule has 0 spiro atoms. The number of H-pyrrole nitrogens is 1. The number of imidazole rings is 1. The molecule has 0 radical (unpaired) electrons. The molecule has 0 aliphatic heterocycles. The standard InChI is InChI=1S/C21H17N5/c22-12-17-15-7-5-8-16(15)20(24-13-14-6-3-4-11-23-14)26-19-10-2-1-9-18(19)25-21(17)26/h1-4,6,9-11H,5,7-8,13H2,(H,24,25)/p+1. The predicted molar refractivity (Wildman–Crippen MR) is 99.8 cm³/mol. The van der Waals surface area contributed by atoms with Crippen LogP contribution in [0, 0.1) is 11.3 Å². The fourth-order valence-corrected chi connectivity index (χ4v) is 4.03. The van der Waals surface area contributed by atoms with Crippen LogP contribution in [0.4, 0.5) is 5.82 Å². The molecule has 0 saturated carbocycles. The van der Waals surface area contributed by atoms with Crippen LogP contribution in [-0.2, 0) is 19.4 Å². The zero-order valence-corrected chi connectivity index (χ0v) is 14.3. The molecule has 3 aromatic heterocycles. The first-order chi connectivity index (χ1) is 12.9. The largest absolute Gasteiger partial charge is 0.299 e. The van der Waals surface area contributed by atoms with Crippen molar-refractivity contribution in [1.29, 1.82) is 5.26 Å². The molecule has 0 bridgehead atoms. The Morgan fingerprint density at radius 1 is 1.12 bits per heavy atom. The third-order valence-corrected chi connectivity index (χ3v) is 5.16. The molecule has 0 fully saturated rings. The Labute approximate surface area is 150 Å². The summed E-state index contributed by atoms with van der Waals surface area (Å²) >= 11 is 0. The molecule has 1 aliphatic rings. The van der Waals surface area contributed by atoms with Gasteiger partial charge in [0.2, 0.25) is 11.5 Å². The van der Waals surface area contributed by atoms with Gasteiger partial charge in [-0.25, -0.2) is 0 Å². The topological polar surface area (TPSA) is 68.6 Å². The Kier molecular flexibility index (Phi) is 3.36. The number of hydrogen-bond acceptors (Lipinski definition) is 3. The molecule has 0 amide bonds. The highest BCUT2D eigenvalue weighted by Gasteiger charge is 2.29. The maximum absolute atomic E-state index is 9.81. The van der Waals surface area contributed by atoms with Gasteiger partial charge in [0.05, 0.1) is 5.69 Å². The van der Waals surface area contributed by atoms with Gasteiger partial charge in [0.1, 0.15) is 29.2 Å². The third-order valence-electron chi connectivity index (χ3n) is 5.16. The molecule has 2 N–H and O–H groups in total. The molecule has 5 nitrogen and oxygen atoms in total. The highest BCUT2D eigenvalue weighted by atomic mass is 15.1. The Balaban J connectivity index is 1.77. The van der Waals surface area contributed by atoms with Crippen molar-refractivity contribution in [1.82, 2.24) is 9.97 Å². The second-order valence-electron chi connectivity index (χ2n) is 6.65. The van der Waals surface area contributed by atoms with E-state index in [-0.39, 0.29) is 0 Å². The van der Waals surface area contributed by atoms with Crippen LogP contribution in [0.2, 0.25) is 0 Å². The van der Waals surface area contributed by atoms with Gasteiger partial charge < -0.3 is 0 Å². The average Bonchev–Trinajstić information content (AvgIpc) is 3.31. The van der Waals surface area contributed by atoms with Crippen molar-refractivity contribution in [3.63, 3.8) is 0 Å². The number of rotatable bonds is 3. The summed E-state index contributed by atoms with van der Waals surface area (Å²) in [5, 5.41) is 13.4. The fraction of sp³-hybridized carbons (Fsp3) is 0.190. The van der Waals surface area contributed by atoms with Gasteiger partial charge in [-0.15, -0.1) is 0 Å². The maximum atomic E-state index is 9.81. The second kappa shape index (κ2) is 5.85. The highest BCUT2D eigenvalue weighted by molar-refractivity contribution is 5.78. The first-order valence-electron chi connectivity index (χ1n) is 8.91. The second-order valence-corrected chi connectivity index (χ2v) is 6.65. The van der Waals surface area contributed by atoms with Crippen molar-refractivity contribution in [2.24, 2.45) is 0 Å². The average molecular weight is 340 g/mol.